The Bertz CT molecular complexity index is 1280. The number of fused-ring (bicyclic) bond motifs is 1. The van der Waals surface area contributed by atoms with Gasteiger partial charge >= 0.3 is 0 Å². The maximum absolute atomic E-state index is 13.2. The highest BCUT2D eigenvalue weighted by molar-refractivity contribution is 5.80. The van der Waals surface area contributed by atoms with Gasteiger partial charge in [-0.05, 0) is 25.0 Å². The molecule has 3 fully saturated rings. The van der Waals surface area contributed by atoms with Gasteiger partial charge in [-0.2, -0.15) is 10.1 Å². The molecule has 0 aromatic carbocycles. The molecule has 6 rings (SSSR count). The SMILES string of the molecule is COc1nc(N2CCC3(CC2)OCCO3)ccc1-c1nc2c(c(C3CCCCC3)nn2C)c(=O)[nH]1. The molecular weight excluding hydrogens is 448 g/mol. The normalized spacial score (nSPS) is 20.7. The summed E-state index contributed by atoms with van der Waals surface area (Å²) in [4.78, 5) is 28.0. The van der Waals surface area contributed by atoms with Gasteiger partial charge in [0, 0.05) is 38.9 Å². The smallest absolute Gasteiger partial charge is 0.262 e. The van der Waals surface area contributed by atoms with Crippen LogP contribution in [0.15, 0.2) is 16.9 Å². The number of hydrogen-bond donors (Lipinski definition) is 1. The fourth-order valence-corrected chi connectivity index (χ4v) is 5.78. The van der Waals surface area contributed by atoms with Crippen LogP contribution in [-0.2, 0) is 16.5 Å². The number of pyridine rings is 1. The highest BCUT2D eigenvalue weighted by Gasteiger charge is 2.40. The van der Waals surface area contributed by atoms with Gasteiger partial charge in [0.2, 0.25) is 5.88 Å². The van der Waals surface area contributed by atoms with Crippen LogP contribution in [0.3, 0.4) is 0 Å². The van der Waals surface area contributed by atoms with E-state index in [4.69, 9.17) is 29.3 Å². The van der Waals surface area contributed by atoms with Gasteiger partial charge < -0.3 is 24.1 Å². The lowest BCUT2D eigenvalue weighted by atomic mass is 9.86. The van der Waals surface area contributed by atoms with Crippen molar-refractivity contribution in [3.63, 3.8) is 0 Å². The van der Waals surface area contributed by atoms with E-state index in [1.54, 1.807) is 11.8 Å². The summed E-state index contributed by atoms with van der Waals surface area (Å²) in [6.07, 6.45) is 7.36. The molecule has 10 nitrogen and oxygen atoms in total. The van der Waals surface area contributed by atoms with E-state index >= 15 is 0 Å². The van der Waals surface area contributed by atoms with Crippen molar-refractivity contribution >= 4 is 16.9 Å². The van der Waals surface area contributed by atoms with Crippen LogP contribution in [-0.4, -0.2) is 63.9 Å². The Balaban J connectivity index is 1.31. The van der Waals surface area contributed by atoms with Crippen molar-refractivity contribution in [2.75, 3.05) is 38.3 Å². The summed E-state index contributed by atoms with van der Waals surface area (Å²) in [6, 6.07) is 3.86. The maximum atomic E-state index is 13.2. The number of H-pyrrole nitrogens is 1. The minimum absolute atomic E-state index is 0.164. The molecule has 3 aromatic rings. The average Bonchev–Trinajstić information content (AvgIpc) is 3.49. The van der Waals surface area contributed by atoms with Crippen LogP contribution in [0.4, 0.5) is 5.82 Å². The zero-order valence-electron chi connectivity index (χ0n) is 20.4. The van der Waals surface area contributed by atoms with Crippen LogP contribution < -0.4 is 15.2 Å². The maximum Gasteiger partial charge on any atom is 0.262 e. The molecule has 10 heteroatoms. The van der Waals surface area contributed by atoms with Gasteiger partial charge in [-0.15, -0.1) is 0 Å². The quantitative estimate of drug-likeness (QED) is 0.607. The van der Waals surface area contributed by atoms with E-state index in [2.05, 4.69) is 9.88 Å². The second-order valence-corrected chi connectivity index (χ2v) is 9.78. The Labute approximate surface area is 203 Å². The molecule has 2 aliphatic heterocycles. The Morgan fingerprint density at radius 1 is 1.09 bits per heavy atom. The molecule has 5 heterocycles. The van der Waals surface area contributed by atoms with Gasteiger partial charge in [0.25, 0.3) is 5.56 Å². The molecule has 3 aliphatic rings. The number of aryl methyl sites for hydroxylation is 1. The zero-order valence-corrected chi connectivity index (χ0v) is 20.4. The lowest BCUT2D eigenvalue weighted by molar-refractivity contribution is -0.169. The summed E-state index contributed by atoms with van der Waals surface area (Å²) in [5.74, 6) is 1.57. The number of nitrogens with zero attached hydrogens (tertiary/aromatic N) is 5. The number of methoxy groups -OCH3 is 1. The molecular formula is C25H32N6O4. The highest BCUT2D eigenvalue weighted by Crippen LogP contribution is 2.36. The number of piperidine rings is 1. The Morgan fingerprint density at radius 3 is 2.54 bits per heavy atom. The number of nitrogens with one attached hydrogen (secondary N) is 1. The number of aromatic nitrogens is 5. The second-order valence-electron chi connectivity index (χ2n) is 9.78. The standard InChI is InChI=1S/C25H32N6O4/c1-30-22-19(20(29-30)16-6-4-3-5-7-16)23(32)28-21(27-22)17-8-9-18(26-24(17)33-2)31-12-10-25(11-13-31)34-14-15-35-25/h8-9,16H,3-7,10-15H2,1-2H3,(H,27,28,32). The molecule has 186 valence electrons. The van der Waals surface area contributed by atoms with Crippen LogP contribution in [0.25, 0.3) is 22.4 Å². The van der Waals surface area contributed by atoms with Crippen LogP contribution in [0, 0.1) is 0 Å². The molecule has 1 saturated carbocycles. The molecule has 3 aromatic heterocycles. The van der Waals surface area contributed by atoms with E-state index in [0.29, 0.717) is 47.4 Å². The third kappa shape index (κ3) is 3.98. The Hall–Kier alpha value is -2.98. The first-order valence-corrected chi connectivity index (χ1v) is 12.6. The van der Waals surface area contributed by atoms with Crippen molar-refractivity contribution in [3.05, 3.63) is 28.2 Å². The first-order valence-electron chi connectivity index (χ1n) is 12.6. The van der Waals surface area contributed by atoms with Crippen molar-refractivity contribution in [1.82, 2.24) is 24.7 Å². The molecule has 0 unspecified atom stereocenters. The molecule has 1 aliphatic carbocycles. The predicted molar refractivity (Wildman–Crippen MR) is 131 cm³/mol. The first-order chi connectivity index (χ1) is 17.1. The number of ether oxygens (including phenoxy) is 3. The van der Waals surface area contributed by atoms with E-state index in [0.717, 1.165) is 50.3 Å². The van der Waals surface area contributed by atoms with E-state index in [-0.39, 0.29) is 5.56 Å². The molecule has 2 saturated heterocycles. The molecule has 0 bridgehead atoms. The van der Waals surface area contributed by atoms with Crippen molar-refractivity contribution in [1.29, 1.82) is 0 Å². The summed E-state index contributed by atoms with van der Waals surface area (Å²) in [5.41, 5.74) is 1.95. The van der Waals surface area contributed by atoms with Gasteiger partial charge in [-0.1, -0.05) is 19.3 Å². The third-order valence-corrected chi connectivity index (χ3v) is 7.67. The largest absolute Gasteiger partial charge is 0.480 e. The number of rotatable bonds is 4. The zero-order chi connectivity index (χ0) is 24.0. The number of anilines is 1. The van der Waals surface area contributed by atoms with Gasteiger partial charge in [0.1, 0.15) is 17.0 Å². The van der Waals surface area contributed by atoms with E-state index < -0.39 is 5.79 Å². The first kappa shape index (κ1) is 22.5. The number of aromatic amines is 1. The summed E-state index contributed by atoms with van der Waals surface area (Å²) in [6.45, 7) is 2.90. The Kier molecular flexibility index (Phi) is 5.72. The van der Waals surface area contributed by atoms with Crippen molar-refractivity contribution in [2.45, 2.75) is 56.7 Å². The fraction of sp³-hybridized carbons (Fsp3) is 0.600. The van der Waals surface area contributed by atoms with Gasteiger partial charge in [0.15, 0.2) is 11.4 Å². The van der Waals surface area contributed by atoms with E-state index in [9.17, 15) is 4.79 Å². The molecule has 1 N–H and O–H groups in total. The van der Waals surface area contributed by atoms with Gasteiger partial charge in [-0.3, -0.25) is 4.79 Å². The molecule has 35 heavy (non-hydrogen) atoms. The van der Waals surface area contributed by atoms with Crippen LogP contribution in [0.1, 0.15) is 56.6 Å². The second kappa shape index (κ2) is 8.91. The fourth-order valence-electron chi connectivity index (χ4n) is 5.78. The van der Waals surface area contributed by atoms with Crippen molar-refractivity contribution < 1.29 is 14.2 Å². The topological polar surface area (TPSA) is 107 Å². The van der Waals surface area contributed by atoms with Gasteiger partial charge in [-0.25, -0.2) is 9.67 Å². The predicted octanol–water partition coefficient (Wildman–Crippen LogP) is 3.12. The lowest BCUT2D eigenvalue weighted by Gasteiger charge is -2.38. The van der Waals surface area contributed by atoms with E-state index in [1.165, 1.54) is 19.3 Å². The summed E-state index contributed by atoms with van der Waals surface area (Å²) < 4.78 is 19.0. The summed E-state index contributed by atoms with van der Waals surface area (Å²) >= 11 is 0. The summed E-state index contributed by atoms with van der Waals surface area (Å²) in [7, 11) is 3.44. The summed E-state index contributed by atoms with van der Waals surface area (Å²) in [5, 5.41) is 5.32. The van der Waals surface area contributed by atoms with Crippen LogP contribution in [0.2, 0.25) is 0 Å². The molecule has 0 atom stereocenters. The monoisotopic (exact) mass is 480 g/mol. The third-order valence-electron chi connectivity index (χ3n) is 7.67. The lowest BCUT2D eigenvalue weighted by Crippen LogP contribution is -2.45. The van der Waals surface area contributed by atoms with Crippen molar-refractivity contribution in [2.24, 2.45) is 7.05 Å². The average molecular weight is 481 g/mol. The molecule has 0 amide bonds. The van der Waals surface area contributed by atoms with E-state index in [1.807, 2.05) is 19.2 Å². The van der Waals surface area contributed by atoms with Gasteiger partial charge in [0.05, 0.1) is 31.6 Å². The van der Waals surface area contributed by atoms with Crippen LogP contribution >= 0.6 is 0 Å². The minimum Gasteiger partial charge on any atom is -0.480 e. The van der Waals surface area contributed by atoms with Crippen LogP contribution in [0.5, 0.6) is 5.88 Å². The number of hydrogen-bond acceptors (Lipinski definition) is 8. The highest BCUT2D eigenvalue weighted by atomic mass is 16.7. The van der Waals surface area contributed by atoms with Crippen molar-refractivity contribution in [3.8, 4) is 17.3 Å². The molecule has 0 radical (unpaired) electrons. The minimum atomic E-state index is -0.432. The Morgan fingerprint density at radius 2 is 1.83 bits per heavy atom. The molecule has 1 spiro atoms.